The first kappa shape index (κ1) is 15.6. The maximum Gasteiger partial charge on any atom is 0.221 e. The van der Waals surface area contributed by atoms with Gasteiger partial charge in [-0.15, -0.1) is 0 Å². The molecule has 3 nitrogen and oxygen atoms in total. The van der Waals surface area contributed by atoms with Crippen molar-refractivity contribution in [3.63, 3.8) is 0 Å². The Balaban J connectivity index is 2.43. The fourth-order valence-corrected chi connectivity index (χ4v) is 1.78. The van der Waals surface area contributed by atoms with Crippen LogP contribution in [0, 0.1) is 11.6 Å². The van der Waals surface area contributed by atoms with Gasteiger partial charge in [0, 0.05) is 31.1 Å². The third-order valence-electron chi connectivity index (χ3n) is 2.81. The summed E-state index contributed by atoms with van der Waals surface area (Å²) in [4.78, 5) is 11.4. The fourth-order valence-electron chi connectivity index (χ4n) is 1.78. The van der Waals surface area contributed by atoms with E-state index in [-0.39, 0.29) is 11.5 Å². The van der Waals surface area contributed by atoms with Crippen molar-refractivity contribution in [1.82, 2.24) is 10.6 Å². The third-order valence-corrected chi connectivity index (χ3v) is 2.81. The van der Waals surface area contributed by atoms with Crippen LogP contribution < -0.4 is 10.6 Å². The minimum Gasteiger partial charge on any atom is -0.356 e. The Morgan fingerprint density at radius 3 is 2.47 bits per heavy atom. The zero-order valence-electron chi connectivity index (χ0n) is 11.3. The van der Waals surface area contributed by atoms with E-state index in [9.17, 15) is 13.6 Å². The summed E-state index contributed by atoms with van der Waals surface area (Å²) >= 11 is 0. The molecule has 1 rings (SSSR count). The van der Waals surface area contributed by atoms with Crippen LogP contribution in [0.1, 0.15) is 38.3 Å². The van der Waals surface area contributed by atoms with Crippen LogP contribution in [0.25, 0.3) is 0 Å². The Morgan fingerprint density at radius 1 is 1.26 bits per heavy atom. The molecule has 1 amide bonds. The zero-order valence-corrected chi connectivity index (χ0v) is 11.3. The van der Waals surface area contributed by atoms with Crippen molar-refractivity contribution in [1.29, 1.82) is 0 Å². The van der Waals surface area contributed by atoms with Gasteiger partial charge in [-0.2, -0.15) is 0 Å². The van der Waals surface area contributed by atoms with Crippen LogP contribution in [-0.2, 0) is 4.79 Å². The lowest BCUT2D eigenvalue weighted by Crippen LogP contribution is -2.29. The summed E-state index contributed by atoms with van der Waals surface area (Å²) in [6, 6.07) is 3.31. The summed E-state index contributed by atoms with van der Waals surface area (Å²) in [6.45, 7) is 4.67. The van der Waals surface area contributed by atoms with Crippen LogP contribution in [-0.4, -0.2) is 19.0 Å². The van der Waals surface area contributed by atoms with Gasteiger partial charge in [0.2, 0.25) is 5.91 Å². The number of rotatable bonds is 7. The van der Waals surface area contributed by atoms with Crippen molar-refractivity contribution in [2.24, 2.45) is 0 Å². The summed E-state index contributed by atoms with van der Waals surface area (Å²) in [7, 11) is 0. The highest BCUT2D eigenvalue weighted by Crippen LogP contribution is 2.19. The zero-order chi connectivity index (χ0) is 14.3. The molecule has 0 aliphatic heterocycles. The molecule has 5 heteroatoms. The van der Waals surface area contributed by atoms with Gasteiger partial charge >= 0.3 is 0 Å². The summed E-state index contributed by atoms with van der Waals surface area (Å²) in [5.74, 6) is -1.21. The second-order valence-electron chi connectivity index (χ2n) is 4.41. The third kappa shape index (κ3) is 4.95. The lowest BCUT2D eigenvalue weighted by molar-refractivity contribution is -0.121. The van der Waals surface area contributed by atoms with E-state index in [1.807, 2.05) is 6.92 Å². The normalized spacial score (nSPS) is 12.2. The quantitative estimate of drug-likeness (QED) is 0.799. The molecule has 1 unspecified atom stereocenters. The lowest BCUT2D eigenvalue weighted by Gasteiger charge is -2.15. The topological polar surface area (TPSA) is 41.1 Å². The Kier molecular flexibility index (Phi) is 6.42. The van der Waals surface area contributed by atoms with E-state index in [2.05, 4.69) is 10.6 Å². The van der Waals surface area contributed by atoms with E-state index in [4.69, 9.17) is 0 Å². The first-order chi connectivity index (χ1) is 9.06. The van der Waals surface area contributed by atoms with E-state index in [1.54, 1.807) is 6.92 Å². The summed E-state index contributed by atoms with van der Waals surface area (Å²) in [6.07, 6.45) is 1.18. The van der Waals surface area contributed by atoms with Gasteiger partial charge in [-0.05, 0) is 25.5 Å². The number of amides is 1. The maximum absolute atomic E-state index is 13.5. The number of hydrogen-bond donors (Lipinski definition) is 2. The second-order valence-corrected chi connectivity index (χ2v) is 4.41. The Hall–Kier alpha value is -1.49. The highest BCUT2D eigenvalue weighted by Gasteiger charge is 2.15. The van der Waals surface area contributed by atoms with E-state index in [0.717, 1.165) is 6.42 Å². The molecule has 0 saturated carbocycles. The molecule has 2 N–H and O–H groups in total. The summed E-state index contributed by atoms with van der Waals surface area (Å²) in [5.41, 5.74) is 0.0106. The molecule has 0 spiro atoms. The van der Waals surface area contributed by atoms with Crippen LogP contribution in [0.15, 0.2) is 18.2 Å². The predicted molar refractivity (Wildman–Crippen MR) is 70.7 cm³/mol. The number of carbonyl (C=O) groups excluding carboxylic acids is 1. The average molecular weight is 270 g/mol. The maximum atomic E-state index is 13.5. The molecule has 0 heterocycles. The minimum absolute atomic E-state index is 0.0106. The smallest absolute Gasteiger partial charge is 0.221 e. The lowest BCUT2D eigenvalue weighted by atomic mass is 10.1. The molecule has 106 valence electrons. The molecule has 1 aromatic rings. The van der Waals surface area contributed by atoms with Crippen LogP contribution in [0.2, 0.25) is 0 Å². The van der Waals surface area contributed by atoms with Crippen molar-refractivity contribution in [3.8, 4) is 0 Å². The van der Waals surface area contributed by atoms with Gasteiger partial charge < -0.3 is 10.6 Å². The van der Waals surface area contributed by atoms with Gasteiger partial charge in [0.25, 0.3) is 0 Å². The summed E-state index contributed by atoms with van der Waals surface area (Å²) < 4.78 is 27.0. The van der Waals surface area contributed by atoms with Crippen molar-refractivity contribution in [2.45, 2.75) is 32.7 Å². The molecule has 0 aromatic heterocycles. The number of nitrogens with one attached hydrogen (secondary N) is 2. The Morgan fingerprint density at radius 2 is 1.89 bits per heavy atom. The van der Waals surface area contributed by atoms with Crippen LogP contribution in [0.4, 0.5) is 8.78 Å². The first-order valence-corrected chi connectivity index (χ1v) is 6.50. The minimum atomic E-state index is -0.574. The van der Waals surface area contributed by atoms with Crippen molar-refractivity contribution in [3.05, 3.63) is 35.4 Å². The van der Waals surface area contributed by atoms with Crippen molar-refractivity contribution < 1.29 is 13.6 Å². The molecule has 1 aromatic carbocycles. The number of benzene rings is 1. The van der Waals surface area contributed by atoms with Crippen LogP contribution >= 0.6 is 0 Å². The number of hydrogen-bond acceptors (Lipinski definition) is 2. The monoisotopic (exact) mass is 270 g/mol. The van der Waals surface area contributed by atoms with Gasteiger partial charge in [-0.3, -0.25) is 4.79 Å². The molecule has 0 saturated heterocycles. The first-order valence-electron chi connectivity index (χ1n) is 6.50. The van der Waals surface area contributed by atoms with E-state index in [1.165, 1.54) is 18.2 Å². The number of carbonyl (C=O) groups is 1. The van der Waals surface area contributed by atoms with E-state index in [0.29, 0.717) is 19.5 Å². The van der Waals surface area contributed by atoms with Gasteiger partial charge in [0.15, 0.2) is 0 Å². The standard InChI is InChI=1S/C14H20F2N2O/c1-3-8-18-13(19)7-9-17-10(2)14-11(15)5-4-6-12(14)16/h4-6,10,17H,3,7-9H2,1-2H3,(H,18,19). The van der Waals surface area contributed by atoms with Crippen LogP contribution in [0.3, 0.4) is 0 Å². The molecule has 0 aliphatic carbocycles. The molecule has 0 aliphatic rings. The molecule has 1 atom stereocenters. The molecule has 19 heavy (non-hydrogen) atoms. The van der Waals surface area contributed by atoms with Gasteiger partial charge in [0.1, 0.15) is 11.6 Å². The predicted octanol–water partition coefficient (Wildman–Crippen LogP) is 2.53. The van der Waals surface area contributed by atoms with Crippen LogP contribution in [0.5, 0.6) is 0 Å². The average Bonchev–Trinajstić information content (AvgIpc) is 2.36. The summed E-state index contributed by atoms with van der Waals surface area (Å²) in [5, 5.41) is 5.69. The fraction of sp³-hybridized carbons (Fsp3) is 0.500. The molecule has 0 bridgehead atoms. The molecular weight excluding hydrogens is 250 g/mol. The van der Waals surface area contributed by atoms with Gasteiger partial charge in [-0.1, -0.05) is 13.0 Å². The van der Waals surface area contributed by atoms with Crippen molar-refractivity contribution >= 4 is 5.91 Å². The highest BCUT2D eigenvalue weighted by atomic mass is 19.1. The van der Waals surface area contributed by atoms with E-state index >= 15 is 0 Å². The molecule has 0 radical (unpaired) electrons. The Labute approximate surface area is 112 Å². The molecular formula is C14H20F2N2O. The van der Waals surface area contributed by atoms with Crippen molar-refractivity contribution in [2.75, 3.05) is 13.1 Å². The number of halogens is 2. The molecule has 0 fully saturated rings. The van der Waals surface area contributed by atoms with Gasteiger partial charge in [0.05, 0.1) is 0 Å². The highest BCUT2D eigenvalue weighted by molar-refractivity contribution is 5.75. The largest absolute Gasteiger partial charge is 0.356 e. The van der Waals surface area contributed by atoms with E-state index < -0.39 is 17.7 Å². The SMILES string of the molecule is CCCNC(=O)CCNC(C)c1c(F)cccc1F. The second kappa shape index (κ2) is 7.84. The Bertz CT molecular complexity index is 404. The van der Waals surface area contributed by atoms with Gasteiger partial charge in [-0.25, -0.2) is 8.78 Å².